The number of morpholine rings is 1. The van der Waals surface area contributed by atoms with Crippen molar-refractivity contribution in [2.24, 2.45) is 0 Å². The summed E-state index contributed by atoms with van der Waals surface area (Å²) in [6, 6.07) is 0. The first-order valence-corrected chi connectivity index (χ1v) is 9.77. The molecule has 0 aliphatic carbocycles. The molecule has 3 heterocycles. The molecule has 2 unspecified atom stereocenters. The summed E-state index contributed by atoms with van der Waals surface area (Å²) in [6.07, 6.45) is -0.137. The molecule has 138 valence electrons. The van der Waals surface area contributed by atoms with Crippen LogP contribution in [0.25, 0.3) is 0 Å². The van der Waals surface area contributed by atoms with Crippen LogP contribution in [0.1, 0.15) is 45.9 Å². The Morgan fingerprint density at radius 1 is 1.20 bits per heavy atom. The Kier molecular flexibility index (Phi) is 4.85. The number of carbonyl (C=O) groups excluding carboxylic acids is 2. The van der Waals surface area contributed by atoms with Gasteiger partial charge in [-0.3, -0.25) is 9.59 Å². The van der Waals surface area contributed by atoms with E-state index in [1.807, 2.05) is 39.3 Å². The highest BCUT2D eigenvalue weighted by Gasteiger charge is 2.33. The van der Waals surface area contributed by atoms with Crippen LogP contribution in [0, 0.1) is 0 Å². The Morgan fingerprint density at radius 2 is 1.84 bits per heavy atom. The monoisotopic (exact) mass is 366 g/mol. The minimum absolute atomic E-state index is 0.0683. The highest BCUT2D eigenvalue weighted by molar-refractivity contribution is 7.98. The standard InChI is InChI=1S/C17H26N4O3S/c1-10-6-20(7-11(2)24-10)16(23)15(22)18-14-12-8-25-9-13(12)19-21(14)17(3,4)5/h10-11H,6-9H2,1-5H3,(H,18,22). The topological polar surface area (TPSA) is 76.5 Å². The second kappa shape index (κ2) is 6.64. The number of carbonyl (C=O) groups is 2. The zero-order valence-corrected chi connectivity index (χ0v) is 16.3. The van der Waals surface area contributed by atoms with Crippen LogP contribution >= 0.6 is 11.8 Å². The van der Waals surface area contributed by atoms with Crippen LogP contribution in [0.3, 0.4) is 0 Å². The number of ether oxygens (including phenoxy) is 1. The van der Waals surface area contributed by atoms with Gasteiger partial charge in [0.25, 0.3) is 0 Å². The third-order valence-electron chi connectivity index (χ3n) is 4.32. The van der Waals surface area contributed by atoms with Crippen LogP contribution in [0.15, 0.2) is 0 Å². The normalized spacial score (nSPS) is 23.5. The number of anilines is 1. The van der Waals surface area contributed by atoms with Gasteiger partial charge in [-0.15, -0.1) is 0 Å². The van der Waals surface area contributed by atoms with Gasteiger partial charge >= 0.3 is 11.8 Å². The van der Waals surface area contributed by atoms with Crippen molar-refractivity contribution >= 4 is 29.4 Å². The molecular formula is C17H26N4O3S. The first kappa shape index (κ1) is 18.3. The lowest BCUT2D eigenvalue weighted by molar-refractivity contribution is -0.151. The summed E-state index contributed by atoms with van der Waals surface area (Å²) in [5, 5.41) is 7.49. The quantitative estimate of drug-likeness (QED) is 0.769. The molecule has 25 heavy (non-hydrogen) atoms. The van der Waals surface area contributed by atoms with Gasteiger partial charge in [-0.1, -0.05) is 0 Å². The second-order valence-corrected chi connectivity index (χ2v) is 8.76. The highest BCUT2D eigenvalue weighted by atomic mass is 32.2. The van der Waals surface area contributed by atoms with Gasteiger partial charge in [0.15, 0.2) is 0 Å². The SMILES string of the molecule is CC1CN(C(=O)C(=O)Nc2c3c(nn2C(C)(C)C)CSC3)CC(C)O1. The van der Waals surface area contributed by atoms with Crippen molar-refractivity contribution in [1.29, 1.82) is 0 Å². The molecule has 0 saturated carbocycles. The van der Waals surface area contributed by atoms with Crippen LogP contribution in [-0.2, 0) is 31.4 Å². The van der Waals surface area contributed by atoms with Crippen LogP contribution in [0.4, 0.5) is 5.82 Å². The fourth-order valence-corrected chi connectivity index (χ4v) is 4.31. The van der Waals surface area contributed by atoms with Gasteiger partial charge < -0.3 is 15.0 Å². The Bertz CT molecular complexity index is 685. The third-order valence-corrected chi connectivity index (χ3v) is 5.29. The van der Waals surface area contributed by atoms with Crippen LogP contribution in [0.2, 0.25) is 0 Å². The van der Waals surface area contributed by atoms with E-state index < -0.39 is 11.8 Å². The van der Waals surface area contributed by atoms with Gasteiger partial charge in [-0.25, -0.2) is 4.68 Å². The summed E-state index contributed by atoms with van der Waals surface area (Å²) in [6.45, 7) is 10.8. The zero-order valence-electron chi connectivity index (χ0n) is 15.5. The van der Waals surface area contributed by atoms with E-state index in [1.165, 1.54) is 0 Å². The zero-order chi connectivity index (χ0) is 18.4. The van der Waals surface area contributed by atoms with Gasteiger partial charge in [0.1, 0.15) is 5.82 Å². The summed E-state index contributed by atoms with van der Waals surface area (Å²) in [5.41, 5.74) is 1.75. The first-order chi connectivity index (χ1) is 11.7. The molecule has 0 radical (unpaired) electrons. The van der Waals surface area contributed by atoms with E-state index in [0.717, 1.165) is 22.8 Å². The molecule has 7 nitrogen and oxygen atoms in total. The van der Waals surface area contributed by atoms with Crippen molar-refractivity contribution in [1.82, 2.24) is 14.7 Å². The largest absolute Gasteiger partial charge is 0.372 e. The van der Waals surface area contributed by atoms with Crippen molar-refractivity contribution in [2.75, 3.05) is 18.4 Å². The van der Waals surface area contributed by atoms with Crippen molar-refractivity contribution in [3.8, 4) is 0 Å². The van der Waals surface area contributed by atoms with Crippen molar-refractivity contribution < 1.29 is 14.3 Å². The van der Waals surface area contributed by atoms with E-state index in [2.05, 4.69) is 10.4 Å². The minimum atomic E-state index is -0.605. The number of amides is 2. The van der Waals surface area contributed by atoms with E-state index in [1.54, 1.807) is 16.7 Å². The van der Waals surface area contributed by atoms with Crippen LogP contribution in [-0.4, -0.2) is 51.8 Å². The molecule has 1 aromatic heterocycles. The summed E-state index contributed by atoms with van der Waals surface area (Å²) < 4.78 is 7.46. The van der Waals surface area contributed by atoms with Crippen molar-refractivity contribution in [3.05, 3.63) is 11.3 Å². The van der Waals surface area contributed by atoms with E-state index in [9.17, 15) is 9.59 Å². The van der Waals surface area contributed by atoms with E-state index in [4.69, 9.17) is 4.74 Å². The summed E-state index contributed by atoms with van der Waals surface area (Å²) in [4.78, 5) is 26.8. The Morgan fingerprint density at radius 3 is 2.44 bits per heavy atom. The number of fused-ring (bicyclic) bond motifs is 1. The molecule has 2 amide bonds. The van der Waals surface area contributed by atoms with Crippen molar-refractivity contribution in [3.63, 3.8) is 0 Å². The number of thioether (sulfide) groups is 1. The van der Waals surface area contributed by atoms with Gasteiger partial charge in [-0.05, 0) is 34.6 Å². The van der Waals surface area contributed by atoms with E-state index in [0.29, 0.717) is 18.9 Å². The summed E-state index contributed by atoms with van der Waals surface area (Å²) in [5.74, 6) is 1.18. The molecular weight excluding hydrogens is 340 g/mol. The Labute approximate surface area is 152 Å². The third kappa shape index (κ3) is 3.69. The number of rotatable bonds is 1. The lowest BCUT2D eigenvalue weighted by Crippen LogP contribution is -2.51. The lowest BCUT2D eigenvalue weighted by atomic mass is 10.1. The van der Waals surface area contributed by atoms with Gasteiger partial charge in [0, 0.05) is 30.2 Å². The number of hydrogen-bond donors (Lipinski definition) is 1. The fourth-order valence-electron chi connectivity index (χ4n) is 3.28. The molecule has 0 bridgehead atoms. The Balaban J connectivity index is 1.80. The fraction of sp³-hybridized carbons (Fsp3) is 0.706. The van der Waals surface area contributed by atoms with Crippen LogP contribution < -0.4 is 5.32 Å². The predicted octanol–water partition coefficient (Wildman–Crippen LogP) is 1.96. The van der Waals surface area contributed by atoms with Gasteiger partial charge in [0.2, 0.25) is 0 Å². The molecule has 2 atom stereocenters. The summed E-state index contributed by atoms with van der Waals surface area (Å²) in [7, 11) is 0. The number of nitrogens with one attached hydrogen (secondary N) is 1. The van der Waals surface area contributed by atoms with Gasteiger partial charge in [0.05, 0.1) is 23.4 Å². The molecule has 3 rings (SSSR count). The summed E-state index contributed by atoms with van der Waals surface area (Å²) >= 11 is 1.77. The second-order valence-electron chi connectivity index (χ2n) is 7.77. The number of aromatic nitrogens is 2. The number of nitrogens with zero attached hydrogens (tertiary/aromatic N) is 3. The maximum absolute atomic E-state index is 12.6. The Hall–Kier alpha value is -1.54. The first-order valence-electron chi connectivity index (χ1n) is 8.61. The predicted molar refractivity (Wildman–Crippen MR) is 97.4 cm³/mol. The highest BCUT2D eigenvalue weighted by Crippen LogP contribution is 2.37. The molecule has 1 N–H and O–H groups in total. The minimum Gasteiger partial charge on any atom is -0.372 e. The average Bonchev–Trinajstić information content (AvgIpc) is 3.07. The molecule has 1 fully saturated rings. The maximum atomic E-state index is 12.6. The van der Waals surface area contributed by atoms with Gasteiger partial charge in [-0.2, -0.15) is 16.9 Å². The molecule has 1 saturated heterocycles. The molecule has 1 aromatic rings. The molecule has 0 aromatic carbocycles. The van der Waals surface area contributed by atoms with E-state index in [-0.39, 0.29) is 17.7 Å². The number of hydrogen-bond acceptors (Lipinski definition) is 5. The molecule has 2 aliphatic rings. The van der Waals surface area contributed by atoms with Crippen molar-refractivity contribution in [2.45, 2.75) is 63.9 Å². The molecule has 8 heteroatoms. The molecule has 0 spiro atoms. The average molecular weight is 366 g/mol. The lowest BCUT2D eigenvalue weighted by Gasteiger charge is -2.34. The van der Waals surface area contributed by atoms with Crippen LogP contribution in [0.5, 0.6) is 0 Å². The van der Waals surface area contributed by atoms with E-state index >= 15 is 0 Å². The maximum Gasteiger partial charge on any atom is 0.315 e. The molecule has 2 aliphatic heterocycles. The smallest absolute Gasteiger partial charge is 0.315 e.